The van der Waals surface area contributed by atoms with E-state index in [0.29, 0.717) is 45.3 Å². The summed E-state index contributed by atoms with van der Waals surface area (Å²) < 4.78 is 50.4. The van der Waals surface area contributed by atoms with E-state index in [2.05, 4.69) is 26.8 Å². The van der Waals surface area contributed by atoms with E-state index in [-0.39, 0.29) is 94.8 Å². The van der Waals surface area contributed by atoms with Gasteiger partial charge in [0.25, 0.3) is 0 Å². The van der Waals surface area contributed by atoms with Crippen LogP contribution >= 0.6 is 0 Å². The van der Waals surface area contributed by atoms with E-state index >= 15 is 0 Å². The third-order valence-corrected chi connectivity index (χ3v) is 14.5. The predicted octanol–water partition coefficient (Wildman–Crippen LogP) is 3.03. The lowest BCUT2D eigenvalue weighted by Crippen LogP contribution is -2.53. The van der Waals surface area contributed by atoms with Gasteiger partial charge in [0.05, 0.1) is 68.7 Å². The first kappa shape index (κ1) is 43.4. The zero-order valence-corrected chi connectivity index (χ0v) is 34.9. The van der Waals surface area contributed by atoms with E-state index in [9.17, 15) is 24.0 Å². The third kappa shape index (κ3) is 7.86. The van der Waals surface area contributed by atoms with Crippen molar-refractivity contribution >= 4 is 29.3 Å². The molecule has 0 bridgehead atoms. The van der Waals surface area contributed by atoms with Crippen LogP contribution in [0.1, 0.15) is 92.4 Å². The fraction of sp³-hybridized carbons (Fsp3) is 0.833. The summed E-state index contributed by atoms with van der Waals surface area (Å²) in [6.07, 6.45) is 4.58. The molecule has 3 spiro atoms. The van der Waals surface area contributed by atoms with Gasteiger partial charge < -0.3 is 52.8 Å². The second-order valence-corrected chi connectivity index (χ2v) is 18.4. The highest BCUT2D eigenvalue weighted by Crippen LogP contribution is 2.61. The largest absolute Gasteiger partial charge is 0.481 e. The van der Waals surface area contributed by atoms with Gasteiger partial charge in [0, 0.05) is 40.6 Å². The van der Waals surface area contributed by atoms with Gasteiger partial charge in [-0.15, -0.1) is 0 Å². The second kappa shape index (κ2) is 15.4. The number of carbonyl (C=O) groups is 5. The summed E-state index contributed by atoms with van der Waals surface area (Å²) in [5.41, 5.74) is -1.14. The molecule has 3 aliphatic carbocycles. The van der Waals surface area contributed by atoms with Crippen molar-refractivity contribution in [2.75, 3.05) is 41.2 Å². The topological polar surface area (TPSA) is 229 Å². The molecule has 0 aromatic rings. The number of epoxide rings is 6. The van der Waals surface area contributed by atoms with Gasteiger partial charge in [-0.2, -0.15) is 0 Å². The standard InChI is InChI=1S/C16H24O4.2C13H18O6/c1-10(2)5-6-12-15(3,20-12)14-13(18-4)11(17)7-8-16(14)9-19-16;2*1-12(8(19-12)5-9(15)16)11-10(17-2)7(14)3-4-13(11)6-18-13/h5,12-14H,6-9H2,1-4H3;2*8,10-11H,3-6H2,1-2H3,(H,15,16)/t12-,13-,14-,15+,16+;2*8-,10-,11-,12+,13+/m111/s1. The van der Waals surface area contributed by atoms with Crippen molar-refractivity contribution in [2.45, 2.75) is 163 Å². The number of carboxylic acids is 2. The maximum atomic E-state index is 12.2. The number of Topliss-reactive ketones (excluding diaryl/α,β-unsaturated/α-hetero) is 3. The molecule has 9 rings (SSSR count). The molecule has 0 aromatic carbocycles. The number of ether oxygens (including phenoxy) is 9. The van der Waals surface area contributed by atoms with Crippen LogP contribution in [0.4, 0.5) is 0 Å². The van der Waals surface area contributed by atoms with Crippen molar-refractivity contribution in [2.24, 2.45) is 17.8 Å². The van der Waals surface area contributed by atoms with Crippen LogP contribution in [-0.2, 0) is 66.6 Å². The second-order valence-electron chi connectivity index (χ2n) is 18.4. The lowest BCUT2D eigenvalue weighted by Gasteiger charge is -2.37. The molecule has 16 heteroatoms. The fourth-order valence-electron chi connectivity index (χ4n) is 10.9. The minimum atomic E-state index is -0.893. The Hall–Kier alpha value is -2.67. The van der Waals surface area contributed by atoms with Gasteiger partial charge in [0.2, 0.25) is 0 Å². The van der Waals surface area contributed by atoms with Crippen LogP contribution in [0.3, 0.4) is 0 Å². The lowest BCUT2D eigenvalue weighted by atomic mass is 9.69. The molecule has 16 nitrogen and oxygen atoms in total. The van der Waals surface area contributed by atoms with Crippen LogP contribution in [0, 0.1) is 17.8 Å². The van der Waals surface area contributed by atoms with Gasteiger partial charge in [-0.25, -0.2) is 0 Å². The summed E-state index contributed by atoms with van der Waals surface area (Å²) in [4.78, 5) is 57.8. The first-order valence-electron chi connectivity index (χ1n) is 20.5. The van der Waals surface area contributed by atoms with Crippen LogP contribution in [0.15, 0.2) is 11.6 Å². The van der Waals surface area contributed by atoms with Gasteiger partial charge >= 0.3 is 11.9 Å². The van der Waals surface area contributed by atoms with Crippen LogP contribution < -0.4 is 0 Å². The molecule has 6 aliphatic heterocycles. The van der Waals surface area contributed by atoms with E-state index < -0.39 is 35.3 Å². The highest BCUT2D eigenvalue weighted by atomic mass is 16.6. The van der Waals surface area contributed by atoms with Crippen LogP contribution in [0.2, 0.25) is 0 Å². The Morgan fingerprint density at radius 1 is 0.603 bits per heavy atom. The lowest BCUT2D eigenvalue weighted by molar-refractivity contribution is -0.142. The monoisotopic (exact) mass is 820 g/mol. The van der Waals surface area contributed by atoms with Gasteiger partial charge in [-0.3, -0.25) is 24.0 Å². The smallest absolute Gasteiger partial charge is 0.306 e. The van der Waals surface area contributed by atoms with Crippen molar-refractivity contribution in [3.63, 3.8) is 0 Å². The number of allylic oxidation sites excluding steroid dienone is 1. The SMILES string of the molecule is CO[C@@H]1C(=O)CC[C@]2(CO2)[C@H]1[C@@]1(C)O[C@@H]1CC(=O)O.CO[C@@H]1C(=O)CC[C@]2(CO2)[C@H]1[C@@]1(C)O[C@@H]1CC(=O)O.CO[C@@H]1C(=O)CC[C@]2(CO2)[C@H]1[C@@]1(C)O[C@@H]1CC=C(C)C. The van der Waals surface area contributed by atoms with Gasteiger partial charge in [0.1, 0.15) is 51.9 Å². The summed E-state index contributed by atoms with van der Waals surface area (Å²) >= 11 is 0. The number of hydrogen-bond acceptors (Lipinski definition) is 14. The predicted molar refractivity (Wildman–Crippen MR) is 200 cm³/mol. The summed E-state index contributed by atoms with van der Waals surface area (Å²) in [5, 5.41) is 17.7. The first-order valence-corrected chi connectivity index (χ1v) is 20.5. The van der Waals surface area contributed by atoms with E-state index in [0.717, 1.165) is 19.4 Å². The minimum Gasteiger partial charge on any atom is -0.481 e. The molecule has 324 valence electrons. The number of rotatable bonds is 12. The normalized spacial score (nSPS) is 47.7. The van der Waals surface area contributed by atoms with Crippen molar-refractivity contribution in [3.05, 3.63) is 11.6 Å². The number of aliphatic carboxylic acids is 2. The molecule has 15 atom stereocenters. The number of ketones is 3. The Morgan fingerprint density at radius 3 is 1.16 bits per heavy atom. The molecule has 6 heterocycles. The van der Waals surface area contributed by atoms with Crippen LogP contribution in [0.25, 0.3) is 0 Å². The number of methoxy groups -OCH3 is 3. The molecular formula is C42H60O16. The fourth-order valence-corrected chi connectivity index (χ4v) is 10.9. The summed E-state index contributed by atoms with van der Waals surface area (Å²) in [6, 6.07) is 0. The van der Waals surface area contributed by atoms with Crippen LogP contribution in [-0.4, -0.2) is 151 Å². The zero-order chi connectivity index (χ0) is 42.2. The molecule has 2 N–H and O–H groups in total. The van der Waals surface area contributed by atoms with Gasteiger partial charge in [-0.05, 0) is 60.3 Å². The van der Waals surface area contributed by atoms with Crippen molar-refractivity contribution in [1.82, 2.24) is 0 Å². The Balaban J connectivity index is 0.000000132. The van der Waals surface area contributed by atoms with Crippen molar-refractivity contribution in [3.8, 4) is 0 Å². The molecule has 0 unspecified atom stereocenters. The van der Waals surface area contributed by atoms with E-state index in [1.807, 2.05) is 13.8 Å². The molecule has 0 amide bonds. The number of carboxylic acid groups (broad SMARTS) is 2. The average molecular weight is 821 g/mol. The Kier molecular flexibility index (Phi) is 11.5. The highest BCUT2D eigenvalue weighted by Gasteiger charge is 2.74. The van der Waals surface area contributed by atoms with E-state index in [4.69, 9.17) is 52.8 Å². The molecule has 0 aromatic heterocycles. The summed E-state index contributed by atoms with van der Waals surface area (Å²) in [7, 11) is 4.64. The summed E-state index contributed by atoms with van der Waals surface area (Å²) in [6.45, 7) is 11.9. The Morgan fingerprint density at radius 2 is 0.897 bits per heavy atom. The first-order chi connectivity index (χ1) is 27.3. The molecule has 58 heavy (non-hydrogen) atoms. The summed E-state index contributed by atoms with van der Waals surface area (Å²) in [5.74, 6) is -1.88. The van der Waals surface area contributed by atoms with Gasteiger partial charge in [0.15, 0.2) is 17.3 Å². The zero-order valence-electron chi connectivity index (χ0n) is 34.9. The number of carbonyl (C=O) groups excluding carboxylic acids is 3. The molecular weight excluding hydrogens is 760 g/mol. The van der Waals surface area contributed by atoms with Gasteiger partial charge in [-0.1, -0.05) is 11.6 Å². The minimum absolute atomic E-state index is 0.0248. The Labute approximate surface area is 338 Å². The van der Waals surface area contributed by atoms with Crippen LogP contribution in [0.5, 0.6) is 0 Å². The molecule has 3 saturated carbocycles. The molecule has 6 saturated heterocycles. The maximum Gasteiger partial charge on any atom is 0.306 e. The molecule has 9 fully saturated rings. The maximum absolute atomic E-state index is 12.2. The van der Waals surface area contributed by atoms with E-state index in [1.165, 1.54) is 19.8 Å². The Bertz CT molecular complexity index is 1610. The van der Waals surface area contributed by atoms with Crippen molar-refractivity contribution in [1.29, 1.82) is 0 Å². The highest BCUT2D eigenvalue weighted by molar-refractivity contribution is 5.86. The quantitative estimate of drug-likeness (QED) is 0.213. The average Bonchev–Trinajstić information content (AvgIpc) is 3.91. The molecule has 9 aliphatic rings. The molecule has 0 radical (unpaired) electrons. The van der Waals surface area contributed by atoms with Crippen molar-refractivity contribution < 1.29 is 76.8 Å². The van der Waals surface area contributed by atoms with E-state index in [1.54, 1.807) is 7.11 Å². The number of hydrogen-bond donors (Lipinski definition) is 2. The third-order valence-electron chi connectivity index (χ3n) is 14.5.